The van der Waals surface area contributed by atoms with Gasteiger partial charge >= 0.3 is 5.97 Å². The van der Waals surface area contributed by atoms with Crippen LogP contribution in [0.25, 0.3) is 0 Å². The monoisotopic (exact) mass is 271 g/mol. The van der Waals surface area contributed by atoms with Gasteiger partial charge in [-0.1, -0.05) is 6.92 Å². The van der Waals surface area contributed by atoms with E-state index in [1.807, 2.05) is 0 Å². The van der Waals surface area contributed by atoms with Gasteiger partial charge in [-0.25, -0.2) is 0 Å². The van der Waals surface area contributed by atoms with Crippen molar-refractivity contribution in [2.45, 2.75) is 57.7 Å². The van der Waals surface area contributed by atoms with Crippen LogP contribution < -0.4 is 5.73 Å². The zero-order valence-electron chi connectivity index (χ0n) is 12.7. The van der Waals surface area contributed by atoms with Crippen molar-refractivity contribution in [1.29, 1.82) is 0 Å². The third-order valence-electron chi connectivity index (χ3n) is 4.36. The number of carboxylic acid groups (broad SMARTS) is 1. The van der Waals surface area contributed by atoms with Gasteiger partial charge in [0.15, 0.2) is 0 Å². The van der Waals surface area contributed by atoms with Gasteiger partial charge in [0.1, 0.15) is 5.54 Å². The fraction of sp³-hybridized carbons (Fsp3) is 0.929. The number of aliphatic carboxylic acids is 1. The van der Waals surface area contributed by atoms with Gasteiger partial charge in [0.2, 0.25) is 0 Å². The van der Waals surface area contributed by atoms with Crippen molar-refractivity contribution in [3.63, 3.8) is 0 Å². The minimum Gasteiger partial charge on any atom is -0.480 e. The van der Waals surface area contributed by atoms with Gasteiger partial charge < -0.3 is 15.7 Å². The number of nitrogens with two attached hydrogens (primary N) is 1. The molecule has 0 amide bonds. The van der Waals surface area contributed by atoms with E-state index < -0.39 is 11.5 Å². The standard InChI is InChI=1S/C14H29N3O2/c1-5-17-8-6-7-12(17)10-16(4)11(2)9-14(3,15)13(18)19/h11-12H,5-10,15H2,1-4H3,(H,18,19). The lowest BCUT2D eigenvalue weighted by atomic mass is 9.94. The first kappa shape index (κ1) is 16.4. The third kappa shape index (κ3) is 4.44. The van der Waals surface area contributed by atoms with Crippen molar-refractivity contribution in [1.82, 2.24) is 9.80 Å². The highest BCUT2D eigenvalue weighted by Gasteiger charge is 2.32. The first-order valence-corrected chi connectivity index (χ1v) is 7.24. The van der Waals surface area contributed by atoms with Gasteiger partial charge in [0.05, 0.1) is 0 Å². The molecule has 19 heavy (non-hydrogen) atoms. The Kier molecular flexibility index (Phi) is 5.77. The summed E-state index contributed by atoms with van der Waals surface area (Å²) in [4.78, 5) is 15.8. The quantitative estimate of drug-likeness (QED) is 0.722. The van der Waals surface area contributed by atoms with Gasteiger partial charge in [-0.2, -0.15) is 0 Å². The summed E-state index contributed by atoms with van der Waals surface area (Å²) >= 11 is 0. The highest BCUT2D eigenvalue weighted by atomic mass is 16.4. The van der Waals surface area contributed by atoms with E-state index in [-0.39, 0.29) is 6.04 Å². The summed E-state index contributed by atoms with van der Waals surface area (Å²) in [7, 11) is 2.06. The molecule has 0 aromatic carbocycles. The number of carbonyl (C=O) groups is 1. The number of rotatable bonds is 7. The van der Waals surface area contributed by atoms with Crippen molar-refractivity contribution >= 4 is 5.97 Å². The molecule has 3 atom stereocenters. The Labute approximate surface area is 116 Å². The number of carboxylic acids is 1. The second kappa shape index (κ2) is 6.68. The molecule has 0 bridgehead atoms. The van der Waals surface area contributed by atoms with E-state index in [1.54, 1.807) is 6.92 Å². The highest BCUT2D eigenvalue weighted by molar-refractivity contribution is 5.77. The Bertz CT molecular complexity index is 307. The van der Waals surface area contributed by atoms with E-state index in [0.29, 0.717) is 12.5 Å². The van der Waals surface area contributed by atoms with Crippen LogP contribution in [0, 0.1) is 0 Å². The molecule has 3 N–H and O–H groups in total. The lowest BCUT2D eigenvalue weighted by molar-refractivity contribution is -0.143. The molecule has 0 aliphatic carbocycles. The van der Waals surface area contributed by atoms with Crippen molar-refractivity contribution in [2.24, 2.45) is 5.73 Å². The minimum absolute atomic E-state index is 0.172. The largest absolute Gasteiger partial charge is 0.480 e. The van der Waals surface area contributed by atoms with Crippen LogP contribution in [-0.4, -0.2) is 65.2 Å². The molecule has 1 aliphatic heterocycles. The molecule has 1 rings (SSSR count). The molecule has 0 radical (unpaired) electrons. The molecule has 1 saturated heterocycles. The van der Waals surface area contributed by atoms with Gasteiger partial charge in [0, 0.05) is 18.6 Å². The van der Waals surface area contributed by atoms with Crippen LogP contribution in [0.4, 0.5) is 0 Å². The van der Waals surface area contributed by atoms with Crippen LogP contribution in [0.1, 0.15) is 40.0 Å². The lowest BCUT2D eigenvalue weighted by Gasteiger charge is -2.34. The second-order valence-corrected chi connectivity index (χ2v) is 6.14. The number of likely N-dealkylation sites (N-methyl/N-ethyl adjacent to an activating group) is 2. The summed E-state index contributed by atoms with van der Waals surface area (Å²) in [5.41, 5.74) is 4.68. The second-order valence-electron chi connectivity index (χ2n) is 6.14. The van der Waals surface area contributed by atoms with Gasteiger partial charge in [0.25, 0.3) is 0 Å². The Morgan fingerprint density at radius 1 is 1.63 bits per heavy atom. The molecular weight excluding hydrogens is 242 g/mol. The molecular formula is C14H29N3O2. The molecule has 0 saturated carbocycles. The maximum Gasteiger partial charge on any atom is 0.323 e. The Morgan fingerprint density at radius 2 is 2.26 bits per heavy atom. The predicted octanol–water partition coefficient (Wildman–Crippen LogP) is 0.983. The number of hydrogen-bond acceptors (Lipinski definition) is 4. The molecule has 0 aromatic heterocycles. The van der Waals surface area contributed by atoms with E-state index in [0.717, 1.165) is 13.1 Å². The van der Waals surface area contributed by atoms with Crippen molar-refractivity contribution in [3.8, 4) is 0 Å². The van der Waals surface area contributed by atoms with E-state index in [1.165, 1.54) is 19.4 Å². The number of likely N-dealkylation sites (tertiary alicyclic amines) is 1. The summed E-state index contributed by atoms with van der Waals surface area (Å²) in [6.45, 7) is 9.12. The van der Waals surface area contributed by atoms with E-state index in [9.17, 15) is 4.79 Å². The van der Waals surface area contributed by atoms with Crippen LogP contribution in [0.15, 0.2) is 0 Å². The lowest BCUT2D eigenvalue weighted by Crippen LogP contribution is -2.51. The van der Waals surface area contributed by atoms with Crippen LogP contribution >= 0.6 is 0 Å². The Morgan fingerprint density at radius 3 is 2.79 bits per heavy atom. The fourth-order valence-corrected chi connectivity index (χ4v) is 2.89. The van der Waals surface area contributed by atoms with Gasteiger partial charge in [-0.15, -0.1) is 0 Å². The average molecular weight is 271 g/mol. The molecule has 0 aromatic rings. The van der Waals surface area contributed by atoms with Gasteiger partial charge in [-0.3, -0.25) is 9.69 Å². The van der Waals surface area contributed by atoms with Crippen LogP contribution in [0.5, 0.6) is 0 Å². The first-order chi connectivity index (χ1) is 8.77. The summed E-state index contributed by atoms with van der Waals surface area (Å²) in [6.07, 6.45) is 2.98. The number of hydrogen-bond donors (Lipinski definition) is 2. The highest BCUT2D eigenvalue weighted by Crippen LogP contribution is 2.20. The van der Waals surface area contributed by atoms with Crippen molar-refractivity contribution < 1.29 is 9.90 Å². The molecule has 5 nitrogen and oxygen atoms in total. The van der Waals surface area contributed by atoms with Crippen molar-refractivity contribution in [3.05, 3.63) is 0 Å². The predicted molar refractivity (Wildman–Crippen MR) is 77.2 cm³/mol. The zero-order valence-corrected chi connectivity index (χ0v) is 12.7. The normalized spacial score (nSPS) is 25.5. The van der Waals surface area contributed by atoms with Crippen LogP contribution in [0.3, 0.4) is 0 Å². The van der Waals surface area contributed by atoms with Crippen LogP contribution in [-0.2, 0) is 4.79 Å². The smallest absolute Gasteiger partial charge is 0.323 e. The maximum absolute atomic E-state index is 11.1. The zero-order chi connectivity index (χ0) is 14.6. The van der Waals surface area contributed by atoms with Crippen LogP contribution in [0.2, 0.25) is 0 Å². The van der Waals surface area contributed by atoms with Gasteiger partial charge in [-0.05, 0) is 53.2 Å². The first-order valence-electron chi connectivity index (χ1n) is 7.24. The Hall–Kier alpha value is -0.650. The molecule has 5 heteroatoms. The maximum atomic E-state index is 11.1. The van der Waals surface area contributed by atoms with E-state index in [2.05, 4.69) is 30.7 Å². The molecule has 1 fully saturated rings. The molecule has 1 heterocycles. The summed E-state index contributed by atoms with van der Waals surface area (Å²) in [5.74, 6) is -0.927. The summed E-state index contributed by atoms with van der Waals surface area (Å²) in [5, 5.41) is 9.08. The van der Waals surface area contributed by atoms with E-state index in [4.69, 9.17) is 10.8 Å². The average Bonchev–Trinajstić information content (AvgIpc) is 2.75. The molecule has 1 aliphatic rings. The minimum atomic E-state index is -1.15. The van der Waals surface area contributed by atoms with E-state index >= 15 is 0 Å². The van der Waals surface area contributed by atoms with Crippen molar-refractivity contribution in [2.75, 3.05) is 26.7 Å². The topological polar surface area (TPSA) is 69.8 Å². The molecule has 112 valence electrons. The third-order valence-corrected chi connectivity index (χ3v) is 4.36. The Balaban J connectivity index is 2.48. The summed E-state index contributed by atoms with van der Waals surface area (Å²) < 4.78 is 0. The summed E-state index contributed by atoms with van der Waals surface area (Å²) in [6, 6.07) is 0.775. The SMILES string of the molecule is CCN1CCCC1CN(C)C(C)CC(C)(N)C(=O)O. The fourth-order valence-electron chi connectivity index (χ4n) is 2.89. The molecule has 0 spiro atoms. The number of nitrogens with zero attached hydrogens (tertiary/aromatic N) is 2. The molecule has 3 unspecified atom stereocenters.